The van der Waals surface area contributed by atoms with E-state index in [-0.39, 0.29) is 28.7 Å². The predicted octanol–water partition coefficient (Wildman–Crippen LogP) is 2.04. The molecule has 1 unspecified atom stereocenters. The lowest BCUT2D eigenvalue weighted by Gasteiger charge is -2.27. The van der Waals surface area contributed by atoms with Crippen molar-refractivity contribution in [3.8, 4) is 5.75 Å². The maximum absolute atomic E-state index is 12.7. The lowest BCUT2D eigenvalue weighted by atomic mass is 9.88. The zero-order valence-corrected chi connectivity index (χ0v) is 13.5. The Kier molecular flexibility index (Phi) is 4.60. The zero-order valence-electron chi connectivity index (χ0n) is 12.7. The van der Waals surface area contributed by atoms with E-state index in [1.807, 2.05) is 0 Å². The first-order valence-electron chi connectivity index (χ1n) is 7.10. The van der Waals surface area contributed by atoms with Crippen LogP contribution in [0.3, 0.4) is 0 Å². The van der Waals surface area contributed by atoms with Gasteiger partial charge in [-0.25, -0.2) is 13.1 Å². The molecule has 2 N–H and O–H groups in total. The average molecular weight is 313 g/mol. The Hall–Kier alpha value is -1.11. The molecule has 0 heterocycles. The molecule has 0 aromatic heterocycles. The molecule has 1 aliphatic rings. The minimum Gasteiger partial charge on any atom is -0.495 e. The number of methoxy groups -OCH3 is 1. The second-order valence-electron chi connectivity index (χ2n) is 6.20. The van der Waals surface area contributed by atoms with Gasteiger partial charge in [-0.05, 0) is 36.0 Å². The van der Waals surface area contributed by atoms with Gasteiger partial charge in [-0.2, -0.15) is 0 Å². The SMILES string of the molecule is COc1ccc(CO)cc1S(=O)(=O)NC1CCCC1(C)C. The zero-order chi connectivity index (χ0) is 15.7. The van der Waals surface area contributed by atoms with E-state index in [4.69, 9.17) is 4.74 Å². The van der Waals surface area contributed by atoms with Crippen LogP contribution in [0.4, 0.5) is 0 Å². The monoisotopic (exact) mass is 313 g/mol. The summed E-state index contributed by atoms with van der Waals surface area (Å²) >= 11 is 0. The number of nitrogens with one attached hydrogen (secondary N) is 1. The summed E-state index contributed by atoms with van der Waals surface area (Å²) in [4.78, 5) is 0.0826. The molecule has 0 amide bonds. The molecule has 21 heavy (non-hydrogen) atoms. The summed E-state index contributed by atoms with van der Waals surface area (Å²) in [6.07, 6.45) is 2.87. The highest BCUT2D eigenvalue weighted by Crippen LogP contribution is 2.38. The van der Waals surface area contributed by atoms with Crippen molar-refractivity contribution in [2.75, 3.05) is 7.11 Å². The quantitative estimate of drug-likeness (QED) is 0.872. The summed E-state index contributed by atoms with van der Waals surface area (Å²) in [5, 5.41) is 9.20. The van der Waals surface area contributed by atoms with Gasteiger partial charge in [0.15, 0.2) is 0 Å². The van der Waals surface area contributed by atoms with Gasteiger partial charge in [0.25, 0.3) is 0 Å². The Bertz CT molecular complexity index is 610. The Labute approximate surface area is 126 Å². The van der Waals surface area contributed by atoms with E-state index >= 15 is 0 Å². The fraction of sp³-hybridized carbons (Fsp3) is 0.600. The van der Waals surface area contributed by atoms with Gasteiger partial charge in [-0.1, -0.05) is 26.3 Å². The molecule has 1 atom stereocenters. The number of hydrogen-bond acceptors (Lipinski definition) is 4. The number of sulfonamides is 1. The summed E-state index contributed by atoms with van der Waals surface area (Å²) in [6, 6.07) is 4.60. The lowest BCUT2D eigenvalue weighted by molar-refractivity contribution is 0.281. The van der Waals surface area contributed by atoms with Crippen molar-refractivity contribution in [1.29, 1.82) is 0 Å². The van der Waals surface area contributed by atoms with Crippen LogP contribution in [0.5, 0.6) is 5.75 Å². The molecule has 118 valence electrons. The van der Waals surface area contributed by atoms with Crippen LogP contribution >= 0.6 is 0 Å². The normalized spacial score (nSPS) is 21.4. The molecular formula is C15H23NO4S. The van der Waals surface area contributed by atoms with Crippen LogP contribution in [-0.2, 0) is 16.6 Å². The van der Waals surface area contributed by atoms with E-state index in [0.29, 0.717) is 5.56 Å². The van der Waals surface area contributed by atoms with Crippen molar-refractivity contribution in [1.82, 2.24) is 4.72 Å². The van der Waals surface area contributed by atoms with Crippen molar-refractivity contribution in [2.45, 2.75) is 50.7 Å². The maximum Gasteiger partial charge on any atom is 0.244 e. The fourth-order valence-corrected chi connectivity index (χ4v) is 4.49. The highest BCUT2D eigenvalue weighted by Gasteiger charge is 2.37. The first kappa shape index (κ1) is 16.3. The first-order chi connectivity index (χ1) is 9.80. The molecule has 0 aliphatic heterocycles. The molecule has 0 bridgehead atoms. The second-order valence-corrected chi connectivity index (χ2v) is 7.88. The summed E-state index contributed by atoms with van der Waals surface area (Å²) in [5.74, 6) is 0.288. The number of hydrogen-bond donors (Lipinski definition) is 2. The summed E-state index contributed by atoms with van der Waals surface area (Å²) in [7, 11) is -2.24. The van der Waals surface area contributed by atoms with Gasteiger partial charge >= 0.3 is 0 Å². The van der Waals surface area contributed by atoms with Crippen LogP contribution in [0.2, 0.25) is 0 Å². The third-order valence-electron chi connectivity index (χ3n) is 4.25. The van der Waals surface area contributed by atoms with Gasteiger partial charge in [0.1, 0.15) is 10.6 Å². The topological polar surface area (TPSA) is 75.6 Å². The largest absolute Gasteiger partial charge is 0.495 e. The lowest BCUT2D eigenvalue weighted by Crippen LogP contribution is -2.41. The molecule has 1 aromatic rings. The van der Waals surface area contributed by atoms with Crippen LogP contribution in [0.15, 0.2) is 23.1 Å². The number of rotatable bonds is 5. The number of benzene rings is 1. The molecule has 1 aromatic carbocycles. The molecule has 2 rings (SSSR count). The molecule has 5 nitrogen and oxygen atoms in total. The molecule has 1 aliphatic carbocycles. The Balaban J connectivity index is 2.35. The third-order valence-corrected chi connectivity index (χ3v) is 5.75. The molecule has 1 saturated carbocycles. The minimum atomic E-state index is -3.68. The molecule has 0 radical (unpaired) electrons. The van der Waals surface area contributed by atoms with Gasteiger partial charge in [0.05, 0.1) is 13.7 Å². The molecule has 0 saturated heterocycles. The average Bonchev–Trinajstić information content (AvgIpc) is 2.76. The molecular weight excluding hydrogens is 290 g/mol. The van der Waals surface area contributed by atoms with E-state index in [0.717, 1.165) is 19.3 Å². The van der Waals surface area contributed by atoms with Crippen LogP contribution in [0.1, 0.15) is 38.7 Å². The van der Waals surface area contributed by atoms with Gasteiger partial charge in [-0.3, -0.25) is 0 Å². The molecule has 0 spiro atoms. The highest BCUT2D eigenvalue weighted by molar-refractivity contribution is 7.89. The van der Waals surface area contributed by atoms with Gasteiger partial charge in [-0.15, -0.1) is 0 Å². The van der Waals surface area contributed by atoms with Gasteiger partial charge < -0.3 is 9.84 Å². The number of ether oxygens (including phenoxy) is 1. The molecule has 1 fully saturated rings. The third kappa shape index (κ3) is 3.39. The molecule has 6 heteroatoms. The fourth-order valence-electron chi connectivity index (χ4n) is 2.83. The first-order valence-corrected chi connectivity index (χ1v) is 8.58. The summed E-state index contributed by atoms with van der Waals surface area (Å²) < 4.78 is 33.2. The van der Waals surface area contributed by atoms with Crippen molar-refractivity contribution in [3.05, 3.63) is 23.8 Å². The van der Waals surface area contributed by atoms with E-state index in [2.05, 4.69) is 18.6 Å². The predicted molar refractivity (Wildman–Crippen MR) is 80.7 cm³/mol. The maximum atomic E-state index is 12.7. The van der Waals surface area contributed by atoms with Gasteiger partial charge in [0.2, 0.25) is 10.0 Å². The van der Waals surface area contributed by atoms with Crippen molar-refractivity contribution in [3.63, 3.8) is 0 Å². The number of aliphatic hydroxyl groups is 1. The minimum absolute atomic E-state index is 0.0467. The second kappa shape index (κ2) is 5.94. The summed E-state index contributed by atoms with van der Waals surface area (Å²) in [5.41, 5.74) is 0.497. The smallest absolute Gasteiger partial charge is 0.244 e. The Morgan fingerprint density at radius 1 is 1.43 bits per heavy atom. The van der Waals surface area contributed by atoms with Gasteiger partial charge in [0, 0.05) is 6.04 Å². The van der Waals surface area contributed by atoms with Crippen LogP contribution < -0.4 is 9.46 Å². The Morgan fingerprint density at radius 2 is 2.14 bits per heavy atom. The van der Waals surface area contributed by atoms with Crippen molar-refractivity contribution >= 4 is 10.0 Å². The van der Waals surface area contributed by atoms with Crippen molar-refractivity contribution < 1.29 is 18.3 Å². The number of aliphatic hydroxyl groups excluding tert-OH is 1. The van der Waals surface area contributed by atoms with Crippen LogP contribution in [-0.4, -0.2) is 26.7 Å². The highest BCUT2D eigenvalue weighted by atomic mass is 32.2. The van der Waals surface area contributed by atoms with Crippen LogP contribution in [0, 0.1) is 5.41 Å². The summed E-state index contributed by atoms with van der Waals surface area (Å²) in [6.45, 7) is 3.95. The van der Waals surface area contributed by atoms with E-state index in [1.165, 1.54) is 13.2 Å². The standard InChI is InChI=1S/C15H23NO4S/c1-15(2)8-4-5-14(15)16-21(18,19)13-9-11(10-17)6-7-12(13)20-3/h6-7,9,14,16-17H,4-5,8,10H2,1-3H3. The van der Waals surface area contributed by atoms with Crippen molar-refractivity contribution in [2.24, 2.45) is 5.41 Å². The van der Waals surface area contributed by atoms with E-state index in [1.54, 1.807) is 12.1 Å². The van der Waals surface area contributed by atoms with E-state index < -0.39 is 10.0 Å². The van der Waals surface area contributed by atoms with Crippen LogP contribution in [0.25, 0.3) is 0 Å². The Morgan fingerprint density at radius 3 is 2.67 bits per heavy atom. The van der Waals surface area contributed by atoms with E-state index in [9.17, 15) is 13.5 Å².